The van der Waals surface area contributed by atoms with Gasteiger partial charge in [0.15, 0.2) is 0 Å². The molecule has 0 aliphatic rings. The molecule has 0 amide bonds. The van der Waals surface area contributed by atoms with Gasteiger partial charge in [0, 0.05) is 0 Å². The summed E-state index contributed by atoms with van der Waals surface area (Å²) >= 11 is 0. The molecule has 2 heteroatoms. The lowest BCUT2D eigenvalue weighted by molar-refractivity contribution is 0.0454. The summed E-state index contributed by atoms with van der Waals surface area (Å²) in [5.41, 5.74) is 0. The number of rotatable bonds is 13. The second-order valence-corrected chi connectivity index (χ2v) is 4.65. The van der Waals surface area contributed by atoms with Crippen LogP contribution in [0.4, 0.5) is 0 Å². The average molecular weight is 256 g/mol. The molecular formula is C16H32O2. The highest BCUT2D eigenvalue weighted by Gasteiger charge is 1.96. The Hall–Kier alpha value is -0.660. The van der Waals surface area contributed by atoms with Crippen molar-refractivity contribution in [2.75, 3.05) is 13.2 Å². The van der Waals surface area contributed by atoms with Crippen LogP contribution in [0.25, 0.3) is 0 Å². The predicted octanol–water partition coefficient (Wildman–Crippen LogP) is 5.43. The number of ether oxygens (including phenoxy) is 2. The molecule has 108 valence electrons. The van der Waals surface area contributed by atoms with Crippen LogP contribution in [0.5, 0.6) is 0 Å². The van der Waals surface area contributed by atoms with Gasteiger partial charge in [-0.3, -0.25) is 0 Å². The fourth-order valence-corrected chi connectivity index (χ4v) is 1.94. The van der Waals surface area contributed by atoms with E-state index in [9.17, 15) is 0 Å². The van der Waals surface area contributed by atoms with E-state index in [0.717, 1.165) is 6.42 Å². The zero-order valence-corrected chi connectivity index (χ0v) is 12.7. The number of hydrogen-bond acceptors (Lipinski definition) is 2. The third-order valence-corrected chi connectivity index (χ3v) is 2.94. The lowest BCUT2D eigenvalue weighted by Crippen LogP contribution is -1.97. The molecule has 0 spiro atoms. The normalized spacial score (nSPS) is 10.2. The molecule has 0 atom stereocenters. The van der Waals surface area contributed by atoms with Gasteiger partial charge in [-0.25, -0.2) is 0 Å². The Bertz CT molecular complexity index is 180. The second kappa shape index (κ2) is 14.4. The minimum atomic E-state index is 0.684. The third kappa shape index (κ3) is 11.8. The summed E-state index contributed by atoms with van der Waals surface area (Å²) in [5, 5.41) is 0. The van der Waals surface area contributed by atoms with Crippen LogP contribution in [-0.4, -0.2) is 13.2 Å². The van der Waals surface area contributed by atoms with Gasteiger partial charge in [-0.05, 0) is 32.8 Å². The topological polar surface area (TPSA) is 18.5 Å². The molecule has 0 unspecified atom stereocenters. The summed E-state index contributed by atoms with van der Waals surface area (Å²) in [4.78, 5) is 0. The molecule has 0 rings (SSSR count). The van der Waals surface area contributed by atoms with Crippen LogP contribution in [0, 0.1) is 0 Å². The molecule has 0 aliphatic carbocycles. The maximum absolute atomic E-state index is 5.39. The minimum absolute atomic E-state index is 0.684. The van der Waals surface area contributed by atoms with E-state index in [-0.39, 0.29) is 0 Å². The van der Waals surface area contributed by atoms with E-state index in [4.69, 9.17) is 9.47 Å². The second-order valence-electron chi connectivity index (χ2n) is 4.65. The molecular weight excluding hydrogens is 224 g/mol. The Morgan fingerprint density at radius 3 is 1.72 bits per heavy atom. The smallest absolute Gasteiger partial charge is 0.274 e. The monoisotopic (exact) mass is 256 g/mol. The van der Waals surface area contributed by atoms with E-state index < -0.39 is 0 Å². The van der Waals surface area contributed by atoms with Gasteiger partial charge in [-0.15, -0.1) is 0 Å². The van der Waals surface area contributed by atoms with Crippen LogP contribution in [-0.2, 0) is 9.47 Å². The molecule has 2 nitrogen and oxygen atoms in total. The van der Waals surface area contributed by atoms with E-state index in [1.807, 2.05) is 13.8 Å². The first kappa shape index (κ1) is 17.3. The Balaban J connectivity index is 3.38. The molecule has 0 aromatic carbocycles. The van der Waals surface area contributed by atoms with Crippen molar-refractivity contribution >= 4 is 0 Å². The highest BCUT2D eigenvalue weighted by molar-refractivity contribution is 4.83. The summed E-state index contributed by atoms with van der Waals surface area (Å²) in [7, 11) is 0. The number of allylic oxidation sites excluding steroid dienone is 1. The maximum Gasteiger partial charge on any atom is 0.274 e. The van der Waals surface area contributed by atoms with Crippen molar-refractivity contribution in [3.05, 3.63) is 12.0 Å². The Morgan fingerprint density at radius 1 is 0.722 bits per heavy atom. The molecule has 18 heavy (non-hydrogen) atoms. The molecule has 0 radical (unpaired) electrons. The van der Waals surface area contributed by atoms with Crippen molar-refractivity contribution in [2.24, 2.45) is 0 Å². The van der Waals surface area contributed by atoms with Crippen molar-refractivity contribution in [1.82, 2.24) is 0 Å². The van der Waals surface area contributed by atoms with Crippen LogP contribution in [0.2, 0.25) is 0 Å². The highest BCUT2D eigenvalue weighted by atomic mass is 16.7. The van der Waals surface area contributed by atoms with Crippen molar-refractivity contribution in [3.8, 4) is 0 Å². The summed E-state index contributed by atoms with van der Waals surface area (Å²) in [6.07, 6.45) is 14.1. The van der Waals surface area contributed by atoms with Gasteiger partial charge in [-0.2, -0.15) is 0 Å². The SMILES string of the molecule is CCCCCCCCCCC=C(OCC)OCC. The van der Waals surface area contributed by atoms with Gasteiger partial charge in [0.25, 0.3) is 5.95 Å². The summed E-state index contributed by atoms with van der Waals surface area (Å²) < 4.78 is 10.8. The molecule has 0 N–H and O–H groups in total. The van der Waals surface area contributed by atoms with E-state index >= 15 is 0 Å². The molecule has 0 aliphatic heterocycles. The summed E-state index contributed by atoms with van der Waals surface area (Å²) in [6, 6.07) is 0. The lowest BCUT2D eigenvalue weighted by atomic mass is 10.1. The van der Waals surface area contributed by atoms with Crippen molar-refractivity contribution in [2.45, 2.75) is 78.6 Å². The van der Waals surface area contributed by atoms with Crippen LogP contribution in [0.1, 0.15) is 78.6 Å². The molecule has 0 aromatic heterocycles. The van der Waals surface area contributed by atoms with Crippen molar-refractivity contribution in [1.29, 1.82) is 0 Å². The number of hydrogen-bond donors (Lipinski definition) is 0. The van der Waals surface area contributed by atoms with Crippen LogP contribution >= 0.6 is 0 Å². The Kier molecular flexibility index (Phi) is 13.9. The van der Waals surface area contributed by atoms with E-state index in [2.05, 4.69) is 13.0 Å². The maximum atomic E-state index is 5.39. The van der Waals surface area contributed by atoms with Crippen LogP contribution in [0.3, 0.4) is 0 Å². The zero-order chi connectivity index (χ0) is 13.5. The fourth-order valence-electron chi connectivity index (χ4n) is 1.94. The largest absolute Gasteiger partial charge is 0.466 e. The summed E-state index contributed by atoms with van der Waals surface area (Å²) in [5.74, 6) is 0.711. The van der Waals surface area contributed by atoms with Gasteiger partial charge in [0.05, 0.1) is 13.2 Å². The first-order valence-electron chi connectivity index (χ1n) is 7.80. The van der Waals surface area contributed by atoms with Crippen LogP contribution < -0.4 is 0 Å². The standard InChI is InChI=1S/C16H32O2/c1-4-7-8-9-10-11-12-13-14-15-16(17-5-2)18-6-3/h15H,4-14H2,1-3H3. The van der Waals surface area contributed by atoms with Gasteiger partial charge in [-0.1, -0.05) is 51.9 Å². The minimum Gasteiger partial charge on any atom is -0.466 e. The molecule has 0 aromatic rings. The molecule has 0 heterocycles. The Morgan fingerprint density at radius 2 is 1.22 bits per heavy atom. The number of unbranched alkanes of at least 4 members (excludes halogenated alkanes) is 8. The summed E-state index contributed by atoms with van der Waals surface area (Å²) in [6.45, 7) is 7.61. The Labute approximate surface area is 114 Å². The van der Waals surface area contributed by atoms with Gasteiger partial charge in [0.2, 0.25) is 0 Å². The van der Waals surface area contributed by atoms with E-state index in [0.29, 0.717) is 19.2 Å². The molecule has 0 bridgehead atoms. The third-order valence-electron chi connectivity index (χ3n) is 2.94. The fraction of sp³-hybridized carbons (Fsp3) is 0.875. The van der Waals surface area contributed by atoms with Gasteiger partial charge < -0.3 is 9.47 Å². The van der Waals surface area contributed by atoms with Gasteiger partial charge >= 0.3 is 0 Å². The predicted molar refractivity (Wildman–Crippen MR) is 78.6 cm³/mol. The lowest BCUT2D eigenvalue weighted by Gasteiger charge is -2.08. The first-order valence-corrected chi connectivity index (χ1v) is 7.80. The van der Waals surface area contributed by atoms with Crippen LogP contribution in [0.15, 0.2) is 12.0 Å². The highest BCUT2D eigenvalue weighted by Crippen LogP contribution is 2.11. The van der Waals surface area contributed by atoms with Crippen molar-refractivity contribution < 1.29 is 9.47 Å². The van der Waals surface area contributed by atoms with E-state index in [1.165, 1.54) is 51.4 Å². The molecule has 0 saturated heterocycles. The van der Waals surface area contributed by atoms with Crippen molar-refractivity contribution in [3.63, 3.8) is 0 Å². The molecule has 0 fully saturated rings. The first-order chi connectivity index (χ1) is 8.85. The van der Waals surface area contributed by atoms with Gasteiger partial charge in [0.1, 0.15) is 0 Å². The molecule has 0 saturated carbocycles. The average Bonchev–Trinajstić information content (AvgIpc) is 2.37. The zero-order valence-electron chi connectivity index (χ0n) is 12.7. The quantitative estimate of drug-likeness (QED) is 0.323. The van der Waals surface area contributed by atoms with E-state index in [1.54, 1.807) is 0 Å².